The molecule has 0 aliphatic rings. The van der Waals surface area contributed by atoms with Gasteiger partial charge in [0.25, 0.3) is 5.56 Å². The number of rotatable bonds is 9. The minimum Gasteiger partial charge on any atom is -0.493 e. The Morgan fingerprint density at radius 2 is 2.00 bits per heavy atom. The van der Waals surface area contributed by atoms with Crippen molar-refractivity contribution < 1.29 is 4.74 Å². The average molecular weight is 434 g/mol. The molecule has 2 heterocycles. The maximum absolute atomic E-state index is 13.0. The molecule has 0 aliphatic heterocycles. The molecule has 8 heteroatoms. The van der Waals surface area contributed by atoms with Crippen LogP contribution in [0.25, 0.3) is 16.7 Å². The van der Waals surface area contributed by atoms with Crippen molar-refractivity contribution in [2.75, 3.05) is 12.4 Å². The summed E-state index contributed by atoms with van der Waals surface area (Å²) >= 11 is 1.53. The fraction of sp³-hybridized carbons (Fsp3) is 0.304. The lowest BCUT2D eigenvalue weighted by molar-refractivity contribution is 0.344. The van der Waals surface area contributed by atoms with Gasteiger partial charge in [-0.2, -0.15) is 5.26 Å². The third kappa shape index (κ3) is 4.42. The third-order valence-electron chi connectivity index (χ3n) is 5.01. The van der Waals surface area contributed by atoms with Gasteiger partial charge in [0.05, 0.1) is 29.1 Å². The molecule has 31 heavy (non-hydrogen) atoms. The minimum absolute atomic E-state index is 0.0242. The fourth-order valence-corrected chi connectivity index (χ4v) is 4.25. The Balaban J connectivity index is 1.58. The number of hydrogen-bond donors (Lipinski definition) is 0. The predicted molar refractivity (Wildman–Crippen MR) is 122 cm³/mol. The second-order valence-electron chi connectivity index (χ2n) is 7.14. The minimum atomic E-state index is -0.0242. The van der Waals surface area contributed by atoms with Gasteiger partial charge in [0, 0.05) is 12.3 Å². The zero-order valence-electron chi connectivity index (χ0n) is 17.3. The van der Waals surface area contributed by atoms with Crippen LogP contribution < -0.4 is 10.3 Å². The number of hydrogen-bond acceptors (Lipinski definition) is 6. The number of benzene rings is 2. The van der Waals surface area contributed by atoms with Gasteiger partial charge in [0.15, 0.2) is 5.16 Å². The third-order valence-corrected chi connectivity index (χ3v) is 5.90. The summed E-state index contributed by atoms with van der Waals surface area (Å²) in [7, 11) is 0. The van der Waals surface area contributed by atoms with E-state index in [0.29, 0.717) is 41.4 Å². The van der Waals surface area contributed by atoms with Crippen LogP contribution in [0.1, 0.15) is 31.7 Å². The Morgan fingerprint density at radius 3 is 2.84 bits per heavy atom. The van der Waals surface area contributed by atoms with Gasteiger partial charge in [0.1, 0.15) is 5.75 Å². The maximum atomic E-state index is 13.0. The van der Waals surface area contributed by atoms with Gasteiger partial charge in [-0.05, 0) is 36.8 Å². The number of unbranched alkanes of at least 4 members (excludes halogenated alkanes) is 2. The molecule has 0 atom stereocenters. The molecule has 158 valence electrons. The maximum Gasteiger partial charge on any atom is 0.262 e. The smallest absolute Gasteiger partial charge is 0.262 e. The van der Waals surface area contributed by atoms with Crippen molar-refractivity contribution in [1.29, 1.82) is 5.26 Å². The summed E-state index contributed by atoms with van der Waals surface area (Å²) in [5.41, 5.74) is 1.36. The number of nitriles is 1. The quantitative estimate of drug-likeness (QED) is 0.289. The standard InChI is InChI=1S/C23H23N5O2S/c1-2-3-6-12-27-21(29)19-10-4-5-11-20(19)28-22(27)25-26-23(28)31-14-13-30-18-9-7-8-17(15-18)16-24/h4-5,7-11,15H,2-3,6,12-14H2,1H3. The SMILES string of the molecule is CCCCCn1c(=O)c2ccccc2n2c(SCCOc3cccc(C#N)c3)nnc12. The van der Waals surface area contributed by atoms with Crippen LogP contribution in [0.4, 0.5) is 0 Å². The molecule has 2 aromatic heterocycles. The van der Waals surface area contributed by atoms with Crippen LogP contribution in [0.3, 0.4) is 0 Å². The molecule has 4 aromatic rings. The molecule has 0 aliphatic carbocycles. The summed E-state index contributed by atoms with van der Waals surface area (Å²) in [6.07, 6.45) is 3.07. The molecule has 0 N–H and O–H groups in total. The van der Waals surface area contributed by atoms with E-state index in [1.165, 1.54) is 11.8 Å². The molecular weight excluding hydrogens is 410 g/mol. The predicted octanol–water partition coefficient (Wildman–Crippen LogP) is 4.28. The summed E-state index contributed by atoms with van der Waals surface area (Å²) in [6, 6.07) is 16.8. The van der Waals surface area contributed by atoms with E-state index in [-0.39, 0.29) is 5.56 Å². The largest absolute Gasteiger partial charge is 0.493 e. The highest BCUT2D eigenvalue weighted by Gasteiger charge is 2.16. The van der Waals surface area contributed by atoms with Crippen LogP contribution in [0.15, 0.2) is 58.5 Å². The molecular formula is C23H23N5O2S. The highest BCUT2D eigenvalue weighted by molar-refractivity contribution is 7.99. The van der Waals surface area contributed by atoms with Crippen LogP contribution in [-0.2, 0) is 6.54 Å². The monoisotopic (exact) mass is 433 g/mol. The Kier molecular flexibility index (Phi) is 6.53. The lowest BCUT2D eigenvalue weighted by atomic mass is 10.2. The number of ether oxygens (including phenoxy) is 1. The molecule has 0 fully saturated rings. The molecule has 7 nitrogen and oxygen atoms in total. The number of para-hydroxylation sites is 1. The summed E-state index contributed by atoms with van der Waals surface area (Å²) < 4.78 is 9.47. The first-order valence-electron chi connectivity index (χ1n) is 10.4. The Labute approximate surface area is 184 Å². The molecule has 0 amide bonds. The summed E-state index contributed by atoms with van der Waals surface area (Å²) in [5, 5.41) is 19.1. The van der Waals surface area contributed by atoms with Crippen molar-refractivity contribution in [3.63, 3.8) is 0 Å². The van der Waals surface area contributed by atoms with E-state index in [2.05, 4.69) is 23.2 Å². The van der Waals surface area contributed by atoms with Crippen molar-refractivity contribution in [3.05, 3.63) is 64.4 Å². The zero-order valence-corrected chi connectivity index (χ0v) is 18.1. The van der Waals surface area contributed by atoms with Crippen molar-refractivity contribution in [2.45, 2.75) is 37.9 Å². The fourth-order valence-electron chi connectivity index (χ4n) is 3.50. The lowest BCUT2D eigenvalue weighted by Crippen LogP contribution is -2.23. The summed E-state index contributed by atoms with van der Waals surface area (Å²) in [6.45, 7) is 3.23. The van der Waals surface area contributed by atoms with Crippen LogP contribution in [0, 0.1) is 11.3 Å². The number of fused-ring (bicyclic) bond motifs is 3. The van der Waals surface area contributed by atoms with Crippen LogP contribution in [0.5, 0.6) is 5.75 Å². The van der Waals surface area contributed by atoms with E-state index >= 15 is 0 Å². The van der Waals surface area contributed by atoms with Crippen molar-refractivity contribution in [1.82, 2.24) is 19.2 Å². The molecule has 4 rings (SSSR count). The van der Waals surface area contributed by atoms with E-state index in [0.717, 1.165) is 29.9 Å². The number of thioether (sulfide) groups is 1. The second-order valence-corrected chi connectivity index (χ2v) is 8.20. The van der Waals surface area contributed by atoms with Crippen molar-refractivity contribution in [3.8, 4) is 11.8 Å². The highest BCUT2D eigenvalue weighted by Crippen LogP contribution is 2.22. The van der Waals surface area contributed by atoms with Gasteiger partial charge in [-0.15, -0.1) is 10.2 Å². The molecule has 0 saturated carbocycles. The van der Waals surface area contributed by atoms with Gasteiger partial charge < -0.3 is 4.74 Å². The Hall–Kier alpha value is -3.31. The first kappa shape index (κ1) is 20.9. The Bertz CT molecular complexity index is 1310. The van der Waals surface area contributed by atoms with Crippen molar-refractivity contribution in [2.24, 2.45) is 0 Å². The van der Waals surface area contributed by atoms with E-state index in [1.807, 2.05) is 34.7 Å². The zero-order chi connectivity index (χ0) is 21.6. The Morgan fingerprint density at radius 1 is 1.13 bits per heavy atom. The van der Waals surface area contributed by atoms with E-state index in [1.54, 1.807) is 22.8 Å². The van der Waals surface area contributed by atoms with Gasteiger partial charge in [-0.3, -0.25) is 13.8 Å². The van der Waals surface area contributed by atoms with Crippen LogP contribution in [-0.4, -0.2) is 31.5 Å². The lowest BCUT2D eigenvalue weighted by Gasteiger charge is -2.11. The number of nitrogens with zero attached hydrogens (tertiary/aromatic N) is 5. The molecule has 0 bridgehead atoms. The van der Waals surface area contributed by atoms with Crippen LogP contribution >= 0.6 is 11.8 Å². The van der Waals surface area contributed by atoms with E-state index in [4.69, 9.17) is 10.00 Å². The normalized spacial score (nSPS) is 11.1. The van der Waals surface area contributed by atoms with Gasteiger partial charge in [-0.25, -0.2) is 0 Å². The first-order chi connectivity index (χ1) is 15.2. The number of aromatic nitrogens is 4. The van der Waals surface area contributed by atoms with E-state index < -0.39 is 0 Å². The molecule has 0 spiro atoms. The summed E-state index contributed by atoms with van der Waals surface area (Å²) in [4.78, 5) is 13.0. The van der Waals surface area contributed by atoms with E-state index in [9.17, 15) is 4.79 Å². The van der Waals surface area contributed by atoms with Crippen molar-refractivity contribution >= 4 is 28.4 Å². The number of aryl methyl sites for hydroxylation is 1. The van der Waals surface area contributed by atoms with Gasteiger partial charge >= 0.3 is 0 Å². The summed E-state index contributed by atoms with van der Waals surface area (Å²) in [5.74, 6) is 1.90. The molecule has 0 saturated heterocycles. The molecule has 0 unspecified atom stereocenters. The molecule has 2 aromatic carbocycles. The van der Waals surface area contributed by atoms with Crippen LogP contribution in [0.2, 0.25) is 0 Å². The second kappa shape index (κ2) is 9.67. The first-order valence-corrected chi connectivity index (χ1v) is 11.3. The van der Waals surface area contributed by atoms with Gasteiger partial charge in [-0.1, -0.05) is 49.7 Å². The topological polar surface area (TPSA) is 85.2 Å². The highest BCUT2D eigenvalue weighted by atomic mass is 32.2. The average Bonchev–Trinajstić information content (AvgIpc) is 3.23. The molecule has 0 radical (unpaired) electrons. The van der Waals surface area contributed by atoms with Gasteiger partial charge in [0.2, 0.25) is 5.78 Å².